The van der Waals surface area contributed by atoms with Gasteiger partial charge in [0.15, 0.2) is 0 Å². The van der Waals surface area contributed by atoms with Gasteiger partial charge in [-0.2, -0.15) is 13.2 Å². The van der Waals surface area contributed by atoms with Crippen molar-refractivity contribution < 1.29 is 13.2 Å². The topological polar surface area (TPSA) is 40.7 Å². The number of nitrogens with zero attached hydrogens (tertiary/aromatic N) is 1. The first-order valence-corrected chi connectivity index (χ1v) is 8.84. The largest absolute Gasteiger partial charge is 0.416 e. The second-order valence-corrected chi connectivity index (χ2v) is 6.65. The lowest BCUT2D eigenvalue weighted by molar-refractivity contribution is -0.137. The first-order chi connectivity index (χ1) is 13.4. The van der Waals surface area contributed by atoms with Crippen molar-refractivity contribution in [3.63, 3.8) is 0 Å². The Hall–Kier alpha value is -3.28. The van der Waals surface area contributed by atoms with Crippen LogP contribution in [0, 0.1) is 6.92 Å². The molecule has 0 saturated carbocycles. The molecule has 6 heteroatoms. The minimum atomic E-state index is -4.39. The molecule has 1 unspecified atom stereocenters. The predicted octanol–water partition coefficient (Wildman–Crippen LogP) is 6.09. The molecule has 142 valence electrons. The number of hydrogen-bond acceptors (Lipinski definition) is 2. The molecule has 0 aliphatic heterocycles. The molecule has 0 radical (unpaired) electrons. The lowest BCUT2D eigenvalue weighted by Crippen LogP contribution is -2.14. The lowest BCUT2D eigenvalue weighted by Gasteiger charge is -2.22. The maximum atomic E-state index is 13.1. The quantitative estimate of drug-likeness (QED) is 0.449. The van der Waals surface area contributed by atoms with Crippen LogP contribution in [0.1, 0.15) is 28.4 Å². The van der Waals surface area contributed by atoms with E-state index in [0.29, 0.717) is 5.69 Å². The van der Waals surface area contributed by atoms with Gasteiger partial charge in [0.05, 0.1) is 11.6 Å². The fraction of sp³-hybridized carbons (Fsp3) is 0.136. The number of anilines is 1. The van der Waals surface area contributed by atoms with E-state index in [1.807, 2.05) is 43.3 Å². The Balaban J connectivity index is 1.83. The monoisotopic (exact) mass is 381 g/mol. The lowest BCUT2D eigenvalue weighted by atomic mass is 9.96. The fourth-order valence-electron chi connectivity index (χ4n) is 3.49. The summed E-state index contributed by atoms with van der Waals surface area (Å²) in [4.78, 5) is 7.55. The van der Waals surface area contributed by atoms with Crippen molar-refractivity contribution in [2.24, 2.45) is 0 Å². The van der Waals surface area contributed by atoms with Crippen molar-refractivity contribution in [1.82, 2.24) is 9.97 Å². The number of pyridine rings is 1. The van der Waals surface area contributed by atoms with Crippen molar-refractivity contribution in [2.45, 2.75) is 19.1 Å². The van der Waals surface area contributed by atoms with Crippen LogP contribution in [0.15, 0.2) is 73.1 Å². The van der Waals surface area contributed by atoms with E-state index in [9.17, 15) is 13.2 Å². The van der Waals surface area contributed by atoms with Crippen LogP contribution < -0.4 is 5.32 Å². The van der Waals surface area contributed by atoms with Crippen molar-refractivity contribution in [2.75, 3.05) is 5.32 Å². The molecule has 0 amide bonds. The van der Waals surface area contributed by atoms with E-state index in [0.717, 1.165) is 39.9 Å². The minimum Gasteiger partial charge on any atom is -0.374 e. The number of para-hydroxylation sites is 1. The highest BCUT2D eigenvalue weighted by molar-refractivity contribution is 5.86. The van der Waals surface area contributed by atoms with Gasteiger partial charge in [0, 0.05) is 40.2 Å². The predicted molar refractivity (Wildman–Crippen MR) is 104 cm³/mol. The van der Waals surface area contributed by atoms with Crippen LogP contribution in [0.2, 0.25) is 0 Å². The Morgan fingerprint density at radius 1 is 1.00 bits per heavy atom. The number of aromatic nitrogens is 2. The van der Waals surface area contributed by atoms with Crippen LogP contribution in [0.3, 0.4) is 0 Å². The zero-order valence-electron chi connectivity index (χ0n) is 15.1. The molecule has 1 atom stereocenters. The van der Waals surface area contributed by atoms with Gasteiger partial charge >= 0.3 is 6.18 Å². The van der Waals surface area contributed by atoms with E-state index in [1.54, 1.807) is 18.5 Å². The third kappa shape index (κ3) is 3.45. The third-order valence-electron chi connectivity index (χ3n) is 4.75. The molecular weight excluding hydrogens is 363 g/mol. The first kappa shape index (κ1) is 18.1. The van der Waals surface area contributed by atoms with Gasteiger partial charge in [0.25, 0.3) is 0 Å². The van der Waals surface area contributed by atoms with Crippen molar-refractivity contribution >= 4 is 16.6 Å². The van der Waals surface area contributed by atoms with E-state index in [2.05, 4.69) is 15.3 Å². The number of hydrogen-bond donors (Lipinski definition) is 2. The molecule has 2 aromatic heterocycles. The van der Waals surface area contributed by atoms with Gasteiger partial charge in [-0.05, 0) is 42.8 Å². The summed E-state index contributed by atoms with van der Waals surface area (Å²) >= 11 is 0. The fourth-order valence-corrected chi connectivity index (χ4v) is 3.49. The summed E-state index contributed by atoms with van der Waals surface area (Å²) < 4.78 is 39.4. The Labute approximate surface area is 160 Å². The van der Waals surface area contributed by atoms with Crippen LogP contribution in [0.5, 0.6) is 0 Å². The van der Waals surface area contributed by atoms with Crippen LogP contribution in [-0.2, 0) is 6.18 Å². The molecule has 28 heavy (non-hydrogen) atoms. The molecule has 2 aromatic carbocycles. The molecule has 3 nitrogen and oxygen atoms in total. The molecule has 2 N–H and O–H groups in total. The molecule has 4 rings (SSSR count). The highest BCUT2D eigenvalue weighted by Gasteiger charge is 2.31. The average molecular weight is 381 g/mol. The zero-order valence-corrected chi connectivity index (χ0v) is 15.1. The number of halogens is 3. The van der Waals surface area contributed by atoms with Crippen LogP contribution in [-0.4, -0.2) is 9.97 Å². The number of rotatable bonds is 4. The molecule has 4 aromatic rings. The van der Waals surface area contributed by atoms with E-state index < -0.39 is 11.7 Å². The average Bonchev–Trinajstić information content (AvgIpc) is 3.02. The number of H-pyrrole nitrogens is 1. The van der Waals surface area contributed by atoms with E-state index in [4.69, 9.17) is 0 Å². The highest BCUT2D eigenvalue weighted by Crippen LogP contribution is 2.36. The van der Waals surface area contributed by atoms with Crippen LogP contribution in [0.4, 0.5) is 18.9 Å². The SMILES string of the molecule is Cc1[nH]c2ccccc2c1C(Nc1cccc(C(F)(F)F)c1)c1cccnc1. The number of aryl methyl sites for hydroxylation is 1. The van der Waals surface area contributed by atoms with Crippen molar-refractivity contribution in [3.8, 4) is 0 Å². The summed E-state index contributed by atoms with van der Waals surface area (Å²) in [6.45, 7) is 1.96. The molecule has 0 fully saturated rings. The molecule has 0 aliphatic carbocycles. The number of benzene rings is 2. The molecule has 2 heterocycles. The number of nitrogens with one attached hydrogen (secondary N) is 2. The second kappa shape index (κ2) is 7.03. The van der Waals surface area contributed by atoms with Gasteiger partial charge in [0.1, 0.15) is 0 Å². The summed E-state index contributed by atoms with van der Waals surface area (Å²) in [5, 5.41) is 4.30. The third-order valence-corrected chi connectivity index (χ3v) is 4.75. The van der Waals surface area contributed by atoms with Crippen molar-refractivity contribution in [1.29, 1.82) is 0 Å². The molecule has 0 spiro atoms. The Kier molecular flexibility index (Phi) is 4.55. The number of alkyl halides is 3. The normalized spacial score (nSPS) is 12.9. The smallest absolute Gasteiger partial charge is 0.374 e. The minimum absolute atomic E-state index is 0.353. The maximum Gasteiger partial charge on any atom is 0.416 e. The number of aromatic amines is 1. The Morgan fingerprint density at radius 2 is 1.82 bits per heavy atom. The van der Waals surface area contributed by atoms with E-state index in [-0.39, 0.29) is 6.04 Å². The highest BCUT2D eigenvalue weighted by atomic mass is 19.4. The van der Waals surface area contributed by atoms with Crippen molar-refractivity contribution in [3.05, 3.63) is 95.4 Å². The van der Waals surface area contributed by atoms with E-state index in [1.165, 1.54) is 6.07 Å². The van der Waals surface area contributed by atoms with Gasteiger partial charge < -0.3 is 10.3 Å². The Bertz CT molecular complexity index is 1100. The van der Waals surface area contributed by atoms with Gasteiger partial charge in [-0.15, -0.1) is 0 Å². The first-order valence-electron chi connectivity index (χ1n) is 8.84. The van der Waals surface area contributed by atoms with Crippen LogP contribution >= 0.6 is 0 Å². The molecule has 0 saturated heterocycles. The summed E-state index contributed by atoms with van der Waals surface area (Å²) in [6.07, 6.45) is -0.988. The van der Waals surface area contributed by atoms with E-state index >= 15 is 0 Å². The van der Waals surface area contributed by atoms with Gasteiger partial charge in [-0.25, -0.2) is 0 Å². The molecular formula is C22H18F3N3. The van der Waals surface area contributed by atoms with Crippen LogP contribution in [0.25, 0.3) is 10.9 Å². The summed E-state index contributed by atoms with van der Waals surface area (Å²) in [7, 11) is 0. The Morgan fingerprint density at radius 3 is 2.57 bits per heavy atom. The summed E-state index contributed by atoms with van der Waals surface area (Å²) in [5.74, 6) is 0. The van der Waals surface area contributed by atoms with Gasteiger partial charge in [0.2, 0.25) is 0 Å². The second-order valence-electron chi connectivity index (χ2n) is 6.65. The summed E-state index contributed by atoms with van der Waals surface area (Å²) in [6, 6.07) is 16.5. The summed E-state index contributed by atoms with van der Waals surface area (Å²) in [5.41, 5.74) is 3.50. The number of fused-ring (bicyclic) bond motifs is 1. The standard InChI is InChI=1S/C22H18F3N3/c1-14-20(18-9-2-3-10-19(18)27-14)21(15-6-5-11-26-13-15)28-17-8-4-7-16(12-17)22(23,24)25/h2-13,21,27-28H,1H3. The molecule has 0 bridgehead atoms. The van der Waals surface area contributed by atoms with Gasteiger partial charge in [-0.3, -0.25) is 4.98 Å². The maximum absolute atomic E-state index is 13.1. The zero-order chi connectivity index (χ0) is 19.7. The van der Waals surface area contributed by atoms with Gasteiger partial charge in [-0.1, -0.05) is 30.3 Å². The molecule has 0 aliphatic rings.